The standard InChI is InChI=1S/C9H9N3O3/c13-7(3-9(14)15)6-4-10-8-1-2-11-12(8)5-6/h1-2,4-5,7,13H,3H2,(H,14,15)/t7-/m0/s1. The monoisotopic (exact) mass is 207 g/mol. The number of aromatic nitrogens is 3. The number of aliphatic carboxylic acids is 1. The van der Waals surface area contributed by atoms with Crippen molar-refractivity contribution in [3.05, 3.63) is 30.2 Å². The maximum absolute atomic E-state index is 10.4. The summed E-state index contributed by atoms with van der Waals surface area (Å²) >= 11 is 0. The molecule has 0 spiro atoms. The zero-order valence-electron chi connectivity index (χ0n) is 7.74. The summed E-state index contributed by atoms with van der Waals surface area (Å²) in [7, 11) is 0. The molecule has 78 valence electrons. The van der Waals surface area contributed by atoms with Gasteiger partial charge in [0.25, 0.3) is 0 Å². The summed E-state index contributed by atoms with van der Waals surface area (Å²) < 4.78 is 1.49. The number of carboxylic acid groups (broad SMARTS) is 1. The average molecular weight is 207 g/mol. The van der Waals surface area contributed by atoms with Crippen LogP contribution >= 0.6 is 0 Å². The van der Waals surface area contributed by atoms with Gasteiger partial charge in [-0.2, -0.15) is 5.10 Å². The maximum atomic E-state index is 10.4. The van der Waals surface area contributed by atoms with E-state index in [1.807, 2.05) is 0 Å². The number of fused-ring (bicyclic) bond motifs is 1. The summed E-state index contributed by atoms with van der Waals surface area (Å²) in [5.74, 6) is -1.05. The molecule has 2 heterocycles. The highest BCUT2D eigenvalue weighted by Crippen LogP contribution is 2.15. The van der Waals surface area contributed by atoms with Crippen molar-refractivity contribution in [2.45, 2.75) is 12.5 Å². The predicted octanol–water partition coefficient (Wildman–Crippen LogP) is 0.237. The SMILES string of the molecule is O=C(O)C[C@H](O)c1cnc2ccnn2c1. The average Bonchev–Trinajstić information content (AvgIpc) is 2.62. The van der Waals surface area contributed by atoms with E-state index in [-0.39, 0.29) is 6.42 Å². The van der Waals surface area contributed by atoms with Crippen LogP contribution in [0, 0.1) is 0 Å². The predicted molar refractivity (Wildman–Crippen MR) is 50.2 cm³/mol. The molecule has 2 aromatic rings. The van der Waals surface area contributed by atoms with Crippen LogP contribution in [0.15, 0.2) is 24.7 Å². The molecule has 6 nitrogen and oxygen atoms in total. The summed E-state index contributed by atoms with van der Waals surface area (Å²) in [5, 5.41) is 22.0. The van der Waals surface area contributed by atoms with Crippen LogP contribution in [-0.2, 0) is 4.79 Å². The smallest absolute Gasteiger partial charge is 0.306 e. The van der Waals surface area contributed by atoms with Gasteiger partial charge in [-0.05, 0) is 0 Å². The van der Waals surface area contributed by atoms with E-state index in [1.165, 1.54) is 10.7 Å². The van der Waals surface area contributed by atoms with Gasteiger partial charge in [0.1, 0.15) is 0 Å². The van der Waals surface area contributed by atoms with Crippen LogP contribution in [0.5, 0.6) is 0 Å². The Hall–Kier alpha value is -1.95. The highest BCUT2D eigenvalue weighted by Gasteiger charge is 2.13. The first-order valence-corrected chi connectivity index (χ1v) is 4.36. The number of hydrogen-bond acceptors (Lipinski definition) is 4. The molecular weight excluding hydrogens is 198 g/mol. The van der Waals surface area contributed by atoms with E-state index in [0.717, 1.165) is 0 Å². The van der Waals surface area contributed by atoms with Crippen molar-refractivity contribution in [3.8, 4) is 0 Å². The third kappa shape index (κ3) is 1.94. The van der Waals surface area contributed by atoms with Crippen molar-refractivity contribution in [3.63, 3.8) is 0 Å². The van der Waals surface area contributed by atoms with Gasteiger partial charge in [0, 0.05) is 24.0 Å². The normalized spacial score (nSPS) is 12.9. The zero-order chi connectivity index (χ0) is 10.8. The van der Waals surface area contributed by atoms with Crippen LogP contribution in [0.2, 0.25) is 0 Å². The van der Waals surface area contributed by atoms with Gasteiger partial charge >= 0.3 is 5.97 Å². The Morgan fingerprint density at radius 2 is 2.40 bits per heavy atom. The van der Waals surface area contributed by atoms with Gasteiger partial charge in [-0.15, -0.1) is 0 Å². The quantitative estimate of drug-likeness (QED) is 0.752. The molecule has 0 bridgehead atoms. The molecule has 6 heteroatoms. The minimum absolute atomic E-state index is 0.339. The highest BCUT2D eigenvalue weighted by molar-refractivity contribution is 5.67. The van der Waals surface area contributed by atoms with Gasteiger partial charge in [0.15, 0.2) is 5.65 Å². The molecule has 0 aliphatic carbocycles. The number of aliphatic hydroxyl groups excluding tert-OH is 1. The molecule has 0 radical (unpaired) electrons. The third-order valence-corrected chi connectivity index (χ3v) is 2.02. The lowest BCUT2D eigenvalue weighted by Crippen LogP contribution is -2.07. The van der Waals surface area contributed by atoms with Gasteiger partial charge in [-0.1, -0.05) is 0 Å². The molecule has 0 fully saturated rings. The van der Waals surface area contributed by atoms with E-state index in [0.29, 0.717) is 11.2 Å². The lowest BCUT2D eigenvalue weighted by molar-refractivity contribution is -0.139. The van der Waals surface area contributed by atoms with Crippen LogP contribution in [0.3, 0.4) is 0 Å². The molecule has 2 rings (SSSR count). The highest BCUT2D eigenvalue weighted by atomic mass is 16.4. The number of rotatable bonds is 3. The second-order valence-corrected chi connectivity index (χ2v) is 3.13. The Morgan fingerprint density at radius 1 is 1.60 bits per heavy atom. The number of hydrogen-bond donors (Lipinski definition) is 2. The summed E-state index contributed by atoms with van der Waals surface area (Å²) in [5.41, 5.74) is 1.09. The summed E-state index contributed by atoms with van der Waals surface area (Å²) in [6, 6.07) is 1.72. The number of aliphatic hydroxyl groups is 1. The van der Waals surface area contributed by atoms with E-state index in [1.54, 1.807) is 18.5 Å². The number of carbonyl (C=O) groups is 1. The molecule has 0 saturated heterocycles. The second-order valence-electron chi connectivity index (χ2n) is 3.13. The molecule has 1 atom stereocenters. The molecular formula is C9H9N3O3. The van der Waals surface area contributed by atoms with Crippen LogP contribution in [0.1, 0.15) is 18.1 Å². The lowest BCUT2D eigenvalue weighted by atomic mass is 10.1. The fraction of sp³-hybridized carbons (Fsp3) is 0.222. The summed E-state index contributed by atoms with van der Waals surface area (Å²) in [6.07, 6.45) is 3.20. The first kappa shape index (κ1) is 9.60. The fourth-order valence-corrected chi connectivity index (χ4v) is 1.28. The molecule has 2 N–H and O–H groups in total. The van der Waals surface area contributed by atoms with E-state index < -0.39 is 12.1 Å². The molecule has 2 aromatic heterocycles. The van der Waals surface area contributed by atoms with Gasteiger partial charge in [-0.25, -0.2) is 9.50 Å². The first-order chi connectivity index (χ1) is 7.16. The van der Waals surface area contributed by atoms with Crippen molar-refractivity contribution in [1.82, 2.24) is 14.6 Å². The Bertz CT molecular complexity index is 494. The first-order valence-electron chi connectivity index (χ1n) is 4.36. The Morgan fingerprint density at radius 3 is 3.13 bits per heavy atom. The Kier molecular flexibility index (Phi) is 2.34. The maximum Gasteiger partial charge on any atom is 0.306 e. The van der Waals surface area contributed by atoms with Crippen molar-refractivity contribution in [1.29, 1.82) is 0 Å². The third-order valence-electron chi connectivity index (χ3n) is 2.02. The molecule has 0 aliphatic rings. The van der Waals surface area contributed by atoms with Gasteiger partial charge in [-0.3, -0.25) is 4.79 Å². The zero-order valence-corrected chi connectivity index (χ0v) is 7.74. The van der Waals surface area contributed by atoms with Gasteiger partial charge in [0.2, 0.25) is 0 Å². The number of nitrogens with zero attached hydrogens (tertiary/aromatic N) is 3. The largest absolute Gasteiger partial charge is 0.481 e. The van der Waals surface area contributed by atoms with Gasteiger partial charge < -0.3 is 10.2 Å². The van der Waals surface area contributed by atoms with Crippen molar-refractivity contribution in [2.75, 3.05) is 0 Å². The van der Waals surface area contributed by atoms with Gasteiger partial charge in [0.05, 0.1) is 18.7 Å². The van der Waals surface area contributed by atoms with Crippen molar-refractivity contribution < 1.29 is 15.0 Å². The van der Waals surface area contributed by atoms with Crippen molar-refractivity contribution in [2.24, 2.45) is 0 Å². The minimum Gasteiger partial charge on any atom is -0.481 e. The Labute approximate surface area is 84.8 Å². The molecule has 15 heavy (non-hydrogen) atoms. The number of carboxylic acids is 1. The van der Waals surface area contributed by atoms with Crippen LogP contribution in [0.4, 0.5) is 0 Å². The molecule has 0 unspecified atom stereocenters. The van der Waals surface area contributed by atoms with E-state index in [4.69, 9.17) is 5.11 Å². The second kappa shape index (κ2) is 3.66. The molecule has 0 saturated carbocycles. The minimum atomic E-state index is -1.05. The molecule has 0 amide bonds. The summed E-state index contributed by atoms with van der Waals surface area (Å²) in [4.78, 5) is 14.4. The lowest BCUT2D eigenvalue weighted by Gasteiger charge is -2.07. The molecule has 0 aromatic carbocycles. The van der Waals surface area contributed by atoms with E-state index in [2.05, 4.69) is 10.1 Å². The van der Waals surface area contributed by atoms with Crippen molar-refractivity contribution >= 4 is 11.6 Å². The van der Waals surface area contributed by atoms with E-state index in [9.17, 15) is 9.90 Å². The van der Waals surface area contributed by atoms with Crippen LogP contribution < -0.4 is 0 Å². The van der Waals surface area contributed by atoms with Crippen LogP contribution in [-0.4, -0.2) is 30.8 Å². The topological polar surface area (TPSA) is 87.7 Å². The summed E-state index contributed by atoms with van der Waals surface area (Å²) in [6.45, 7) is 0. The fourth-order valence-electron chi connectivity index (χ4n) is 1.28. The Balaban J connectivity index is 2.30. The molecule has 0 aliphatic heterocycles. The van der Waals surface area contributed by atoms with E-state index >= 15 is 0 Å². The van der Waals surface area contributed by atoms with Crippen LogP contribution in [0.25, 0.3) is 5.65 Å².